The average molecular weight is 395 g/mol. The number of rotatable bonds is 8. The molecule has 1 fully saturated rings. The van der Waals surface area contributed by atoms with Crippen LogP contribution in [-0.4, -0.2) is 60.5 Å². The quantitative estimate of drug-likeness (QED) is 0.693. The largest absolute Gasteiger partial charge is 0.355 e. The molecule has 154 valence electrons. The molecule has 29 heavy (non-hydrogen) atoms. The Balaban J connectivity index is 1.87. The molecule has 1 atom stereocenters. The highest BCUT2D eigenvalue weighted by molar-refractivity contribution is 5.88. The lowest BCUT2D eigenvalue weighted by Gasteiger charge is -2.34. The van der Waals surface area contributed by atoms with E-state index < -0.39 is 5.92 Å². The Morgan fingerprint density at radius 1 is 1.14 bits per heavy atom. The second-order valence-electron chi connectivity index (χ2n) is 7.63. The van der Waals surface area contributed by atoms with Gasteiger partial charge in [-0.25, -0.2) is 9.97 Å². The van der Waals surface area contributed by atoms with Crippen LogP contribution in [0.4, 0.5) is 5.82 Å². The Morgan fingerprint density at radius 2 is 1.83 bits per heavy atom. The number of amides is 1. The van der Waals surface area contributed by atoms with E-state index in [1.165, 1.54) is 0 Å². The van der Waals surface area contributed by atoms with E-state index in [0.717, 1.165) is 57.4 Å². The second-order valence-corrected chi connectivity index (χ2v) is 7.63. The molecule has 1 amide bonds. The Kier molecular flexibility index (Phi) is 7.36. The van der Waals surface area contributed by atoms with E-state index in [0.29, 0.717) is 23.6 Å². The van der Waals surface area contributed by atoms with Gasteiger partial charge in [0.1, 0.15) is 5.69 Å². The molecule has 0 unspecified atom stereocenters. The van der Waals surface area contributed by atoms with Crippen molar-refractivity contribution < 1.29 is 4.79 Å². The first-order valence-corrected chi connectivity index (χ1v) is 10.5. The van der Waals surface area contributed by atoms with Crippen molar-refractivity contribution >= 4 is 22.8 Å². The van der Waals surface area contributed by atoms with Crippen LogP contribution >= 0.6 is 0 Å². The number of nitrogens with one attached hydrogen (secondary N) is 1. The molecule has 7 heteroatoms. The first-order chi connectivity index (χ1) is 14.1. The summed E-state index contributed by atoms with van der Waals surface area (Å²) in [5, 5.41) is 12.7. The van der Waals surface area contributed by atoms with Crippen LogP contribution in [0.2, 0.25) is 0 Å². The molecule has 0 bridgehead atoms. The van der Waals surface area contributed by atoms with Crippen LogP contribution in [-0.2, 0) is 4.79 Å². The molecular formula is C22H30N6O. The van der Waals surface area contributed by atoms with Gasteiger partial charge in [0.05, 0.1) is 17.1 Å². The molecule has 3 rings (SSSR count). The summed E-state index contributed by atoms with van der Waals surface area (Å²) in [4.78, 5) is 26.7. The predicted molar refractivity (Wildman–Crippen MR) is 115 cm³/mol. The minimum absolute atomic E-state index is 0.288. The SMILES string of the molecule is CCCCCCNC(=O)[C@@H](C#N)c1nc2ccccc2nc1N1CCN(C)CC1. The van der Waals surface area contributed by atoms with Crippen LogP contribution in [0.5, 0.6) is 0 Å². The van der Waals surface area contributed by atoms with Gasteiger partial charge in [-0.3, -0.25) is 4.79 Å². The van der Waals surface area contributed by atoms with Gasteiger partial charge in [0.15, 0.2) is 11.7 Å². The van der Waals surface area contributed by atoms with Crippen molar-refractivity contribution in [3.8, 4) is 6.07 Å². The van der Waals surface area contributed by atoms with E-state index in [1.807, 2.05) is 24.3 Å². The molecule has 2 heterocycles. The Labute approximate surface area is 172 Å². The van der Waals surface area contributed by atoms with E-state index in [9.17, 15) is 10.1 Å². The molecule has 0 spiro atoms. The zero-order chi connectivity index (χ0) is 20.6. The number of benzene rings is 1. The van der Waals surface area contributed by atoms with Crippen LogP contribution in [0.15, 0.2) is 24.3 Å². The number of unbranched alkanes of at least 4 members (excludes halogenated alkanes) is 3. The van der Waals surface area contributed by atoms with Gasteiger partial charge in [0.25, 0.3) is 0 Å². The molecule has 1 aromatic carbocycles. The standard InChI is InChI=1S/C22H30N6O/c1-3-4-5-8-11-24-22(29)17(16-23)20-21(28-14-12-27(2)13-15-28)26-19-10-7-6-9-18(19)25-20/h6-7,9-10,17H,3-5,8,11-15H2,1-2H3,(H,24,29)/t17-/m0/s1. The lowest BCUT2D eigenvalue weighted by molar-refractivity contribution is -0.121. The Hall–Kier alpha value is -2.72. The zero-order valence-corrected chi connectivity index (χ0v) is 17.4. The number of carbonyl (C=O) groups is 1. The van der Waals surface area contributed by atoms with E-state index >= 15 is 0 Å². The van der Waals surface area contributed by atoms with Crippen molar-refractivity contribution in [3.05, 3.63) is 30.0 Å². The fraction of sp³-hybridized carbons (Fsp3) is 0.545. The molecule has 0 aliphatic carbocycles. The fourth-order valence-electron chi connectivity index (χ4n) is 3.56. The van der Waals surface area contributed by atoms with Crippen molar-refractivity contribution in [2.45, 2.75) is 38.5 Å². The first kappa shape index (κ1) is 21.0. The average Bonchev–Trinajstić information content (AvgIpc) is 2.74. The van der Waals surface area contributed by atoms with E-state index in [1.54, 1.807) is 0 Å². The lowest BCUT2D eigenvalue weighted by atomic mass is 10.0. The third kappa shape index (κ3) is 5.21. The van der Waals surface area contributed by atoms with Gasteiger partial charge in [0, 0.05) is 32.7 Å². The Bertz CT molecular complexity index is 869. The van der Waals surface area contributed by atoms with Crippen molar-refractivity contribution in [1.82, 2.24) is 20.2 Å². The van der Waals surface area contributed by atoms with Gasteiger partial charge in [-0.05, 0) is 25.6 Å². The summed E-state index contributed by atoms with van der Waals surface area (Å²) in [6, 6.07) is 9.78. The zero-order valence-electron chi connectivity index (χ0n) is 17.4. The molecule has 0 radical (unpaired) electrons. The molecule has 1 N–H and O–H groups in total. The fourth-order valence-corrected chi connectivity index (χ4v) is 3.56. The van der Waals surface area contributed by atoms with E-state index in [4.69, 9.17) is 9.97 Å². The number of nitrogens with zero attached hydrogens (tertiary/aromatic N) is 5. The Morgan fingerprint density at radius 3 is 2.48 bits per heavy atom. The molecule has 7 nitrogen and oxygen atoms in total. The van der Waals surface area contributed by atoms with Gasteiger partial charge < -0.3 is 15.1 Å². The molecule has 1 aliphatic heterocycles. The predicted octanol–water partition coefficient (Wildman–Crippen LogP) is 2.69. The third-order valence-corrected chi connectivity index (χ3v) is 5.38. The van der Waals surface area contributed by atoms with Crippen LogP contribution in [0.3, 0.4) is 0 Å². The second kappa shape index (κ2) is 10.2. The maximum atomic E-state index is 12.8. The number of piperazine rings is 1. The number of hydrogen-bond acceptors (Lipinski definition) is 6. The smallest absolute Gasteiger partial charge is 0.243 e. The number of fused-ring (bicyclic) bond motifs is 1. The molecule has 1 saturated heterocycles. The number of para-hydroxylation sites is 2. The van der Waals surface area contributed by atoms with Crippen LogP contribution in [0.25, 0.3) is 11.0 Å². The summed E-state index contributed by atoms with van der Waals surface area (Å²) in [6.45, 7) is 6.16. The van der Waals surface area contributed by atoms with Gasteiger partial charge >= 0.3 is 0 Å². The summed E-state index contributed by atoms with van der Waals surface area (Å²) >= 11 is 0. The summed E-state index contributed by atoms with van der Waals surface area (Å²) in [6.07, 6.45) is 4.31. The maximum absolute atomic E-state index is 12.8. The highest BCUT2D eigenvalue weighted by Gasteiger charge is 2.29. The third-order valence-electron chi connectivity index (χ3n) is 5.38. The summed E-state index contributed by atoms with van der Waals surface area (Å²) in [7, 11) is 2.09. The van der Waals surface area contributed by atoms with Crippen LogP contribution in [0.1, 0.15) is 44.2 Å². The number of aromatic nitrogens is 2. The normalized spacial score (nSPS) is 15.8. The van der Waals surface area contributed by atoms with Crippen molar-refractivity contribution in [2.75, 3.05) is 44.7 Å². The lowest BCUT2D eigenvalue weighted by Crippen LogP contribution is -2.45. The first-order valence-electron chi connectivity index (χ1n) is 10.5. The van der Waals surface area contributed by atoms with Gasteiger partial charge in [0.2, 0.25) is 5.91 Å². The molecule has 1 aromatic heterocycles. The summed E-state index contributed by atoms with van der Waals surface area (Å²) in [5.74, 6) is -0.596. The van der Waals surface area contributed by atoms with Gasteiger partial charge in [-0.15, -0.1) is 0 Å². The molecule has 0 saturated carbocycles. The van der Waals surface area contributed by atoms with Crippen molar-refractivity contribution in [2.24, 2.45) is 0 Å². The highest BCUT2D eigenvalue weighted by Crippen LogP contribution is 2.28. The van der Waals surface area contributed by atoms with Crippen LogP contribution in [0, 0.1) is 11.3 Å². The van der Waals surface area contributed by atoms with E-state index in [2.05, 4.69) is 35.2 Å². The number of hydrogen-bond donors (Lipinski definition) is 1. The van der Waals surface area contributed by atoms with Gasteiger partial charge in [-0.1, -0.05) is 38.3 Å². The van der Waals surface area contributed by atoms with Crippen LogP contribution < -0.4 is 10.2 Å². The summed E-state index contributed by atoms with van der Waals surface area (Å²) < 4.78 is 0. The minimum atomic E-state index is -0.965. The van der Waals surface area contributed by atoms with Gasteiger partial charge in [-0.2, -0.15) is 5.26 Å². The monoisotopic (exact) mass is 394 g/mol. The van der Waals surface area contributed by atoms with E-state index in [-0.39, 0.29) is 5.91 Å². The molecule has 1 aliphatic rings. The number of likely N-dealkylation sites (N-methyl/N-ethyl adjacent to an activating group) is 1. The maximum Gasteiger partial charge on any atom is 0.243 e. The molecule has 2 aromatic rings. The summed E-state index contributed by atoms with van der Waals surface area (Å²) in [5.41, 5.74) is 1.94. The number of nitriles is 1. The number of anilines is 1. The highest BCUT2D eigenvalue weighted by atomic mass is 16.1. The van der Waals surface area contributed by atoms with Crippen molar-refractivity contribution in [3.63, 3.8) is 0 Å². The topological polar surface area (TPSA) is 85.1 Å². The van der Waals surface area contributed by atoms with Crippen molar-refractivity contribution in [1.29, 1.82) is 5.26 Å². The number of carbonyl (C=O) groups excluding carboxylic acids is 1. The minimum Gasteiger partial charge on any atom is -0.355 e. The molecular weight excluding hydrogens is 364 g/mol.